The maximum absolute atomic E-state index is 11.9. The Kier molecular flexibility index (Phi) is 38.6. The summed E-state index contributed by atoms with van der Waals surface area (Å²) in [4.78, 5) is 72.9. The molecule has 2 heterocycles. The van der Waals surface area contributed by atoms with Gasteiger partial charge in [0.15, 0.2) is 24.4 Å². The van der Waals surface area contributed by atoms with Crippen molar-refractivity contribution in [3.05, 3.63) is 144 Å². The molecule has 0 bridgehead atoms. The van der Waals surface area contributed by atoms with Gasteiger partial charge in [0, 0.05) is 25.1 Å². The van der Waals surface area contributed by atoms with E-state index in [1.54, 1.807) is 0 Å². The van der Waals surface area contributed by atoms with Crippen LogP contribution in [0.5, 0.6) is 28.7 Å². The van der Waals surface area contributed by atoms with Crippen LogP contribution in [0, 0.1) is 0 Å². The molecule has 0 aromatic heterocycles. The topological polar surface area (TPSA) is 447 Å². The van der Waals surface area contributed by atoms with Crippen molar-refractivity contribution in [2.75, 3.05) is 13.1 Å². The molecular weight excluding hydrogens is 1440 g/mol. The fraction of sp³-hybridized carbons (Fsp3) is 0.327. The Bertz CT molecular complexity index is 2890. The molecule has 2 aliphatic heterocycles. The van der Waals surface area contributed by atoms with Gasteiger partial charge in [-0.2, -0.15) is 43.9 Å². The number of carboxylic acid groups (broad SMARTS) is 5. The number of amides is 2. The number of primary amides is 2. The molecule has 15 N–H and O–H groups in total. The molecular formula is C55H54Cl5F10N4O22-. The van der Waals surface area contributed by atoms with E-state index in [-0.39, 0.29) is 106 Å². The minimum Gasteiger partial charge on any atom is -0.547 e. The second kappa shape index (κ2) is 43.1. The highest BCUT2D eigenvalue weighted by atomic mass is 35.5. The van der Waals surface area contributed by atoms with Crippen LogP contribution in [0.3, 0.4) is 0 Å². The average molecular weight is 1490 g/mol. The van der Waals surface area contributed by atoms with Crippen molar-refractivity contribution in [3.63, 3.8) is 0 Å². The van der Waals surface area contributed by atoms with E-state index in [4.69, 9.17) is 95.0 Å². The van der Waals surface area contributed by atoms with Crippen LogP contribution in [0.2, 0.25) is 25.1 Å². The number of aliphatic hydroxyl groups is 5. The molecule has 0 aliphatic carbocycles. The van der Waals surface area contributed by atoms with Crippen LogP contribution in [0.25, 0.3) is 0 Å². The first-order chi connectivity index (χ1) is 44.6. The number of nitrogens with two attached hydrogens (primary N) is 2. The molecule has 1 unspecified atom stereocenters. The lowest BCUT2D eigenvalue weighted by Crippen LogP contribution is -2.36. The van der Waals surface area contributed by atoms with E-state index >= 15 is 0 Å². The molecule has 7 atom stereocenters. The Morgan fingerprint density at radius 2 is 0.562 bits per heavy atom. The third-order valence-corrected chi connectivity index (χ3v) is 12.2. The van der Waals surface area contributed by atoms with Gasteiger partial charge < -0.3 is 102 Å². The number of rotatable bonds is 22. The quantitative estimate of drug-likeness (QED) is 0.0300. The first-order valence-electron chi connectivity index (χ1n) is 25.9. The smallest absolute Gasteiger partial charge is 0.387 e. The van der Waals surface area contributed by atoms with Gasteiger partial charge in [0.25, 0.3) is 0 Å². The van der Waals surface area contributed by atoms with Crippen molar-refractivity contribution in [1.82, 2.24) is 10.6 Å². The van der Waals surface area contributed by atoms with E-state index in [0.717, 1.165) is 130 Å². The molecule has 96 heavy (non-hydrogen) atoms. The minimum atomic E-state index is -3.06. The molecule has 2 saturated heterocycles. The van der Waals surface area contributed by atoms with Gasteiger partial charge in [-0.3, -0.25) is 9.59 Å². The van der Waals surface area contributed by atoms with E-state index in [9.17, 15) is 103 Å². The van der Waals surface area contributed by atoms with Crippen LogP contribution >= 0.6 is 58.0 Å². The van der Waals surface area contributed by atoms with Crippen molar-refractivity contribution in [2.24, 2.45) is 11.5 Å². The Morgan fingerprint density at radius 3 is 0.688 bits per heavy atom. The molecule has 41 heteroatoms. The van der Waals surface area contributed by atoms with E-state index in [2.05, 4.69) is 34.3 Å². The summed E-state index contributed by atoms with van der Waals surface area (Å²) < 4.78 is 139. The zero-order chi connectivity index (χ0) is 73.4. The summed E-state index contributed by atoms with van der Waals surface area (Å²) in [6.07, 6.45) is -5.31. The van der Waals surface area contributed by atoms with Gasteiger partial charge in [0.05, 0.1) is 18.1 Å². The molecule has 0 saturated carbocycles. The van der Waals surface area contributed by atoms with Crippen molar-refractivity contribution in [2.45, 2.75) is 101 Å². The molecule has 5 aromatic carbocycles. The van der Waals surface area contributed by atoms with E-state index in [1.807, 2.05) is 0 Å². The Balaban J connectivity index is 0.000000567. The van der Waals surface area contributed by atoms with Crippen LogP contribution in [0.15, 0.2) is 91.0 Å². The lowest BCUT2D eigenvalue weighted by Gasteiger charge is -2.13. The third-order valence-electron chi connectivity index (χ3n) is 11.1. The van der Waals surface area contributed by atoms with Crippen LogP contribution in [-0.4, -0.2) is 146 Å². The van der Waals surface area contributed by atoms with E-state index in [1.165, 1.54) is 0 Å². The van der Waals surface area contributed by atoms with Crippen LogP contribution in [0.4, 0.5) is 43.9 Å². The lowest BCUT2D eigenvalue weighted by atomic mass is 10.1. The molecule has 2 fully saturated rings. The lowest BCUT2D eigenvalue weighted by molar-refractivity contribution is -0.315. The summed E-state index contributed by atoms with van der Waals surface area (Å²) in [5.41, 5.74) is 9.28. The molecule has 532 valence electrons. The molecule has 0 radical (unpaired) electrons. The van der Waals surface area contributed by atoms with Crippen LogP contribution in [-0.2, 0) is 33.6 Å². The van der Waals surface area contributed by atoms with Crippen LogP contribution < -0.4 is 50.9 Å². The van der Waals surface area contributed by atoms with E-state index < -0.39 is 93.4 Å². The molecule has 7 rings (SSSR count). The number of ether oxygens (including phenoxy) is 5. The van der Waals surface area contributed by atoms with Crippen molar-refractivity contribution in [1.29, 1.82) is 0 Å². The maximum Gasteiger partial charge on any atom is 0.387 e. The molecule has 0 spiro atoms. The van der Waals surface area contributed by atoms with Gasteiger partial charge in [0.1, 0.15) is 34.9 Å². The number of hydrogen-bond acceptors (Lipinski definition) is 20. The summed E-state index contributed by atoms with van der Waals surface area (Å²) in [5.74, 6) is -9.80. The predicted molar refractivity (Wildman–Crippen MR) is 311 cm³/mol. The molecule has 2 amide bonds. The van der Waals surface area contributed by atoms with Gasteiger partial charge in [-0.25, -0.2) is 19.2 Å². The Labute approximate surface area is 558 Å². The van der Waals surface area contributed by atoms with Crippen molar-refractivity contribution >= 4 is 99.7 Å². The standard InChI is InChI=1S/5C9H7ClF2O4.2C5H10N2O/c5*10-5-1-4(7(13)8(14)15)2-6(3-5)16-9(11)12;2*6-5(8)4-2-1-3-7-4/h5*1-3,7,9,13H,(H,14,15);2*4,7H,1-3H2,(H2,6,8)/p-1/t4*7-;;2*4-/m1100.11/s1. The number of carbonyl (C=O) groups excluding carboxylic acids is 3. The number of alkyl halides is 10. The second-order valence-corrected chi connectivity index (χ2v) is 20.5. The van der Waals surface area contributed by atoms with Crippen molar-refractivity contribution < 1.29 is 152 Å². The monoisotopic (exact) mass is 1490 g/mol. The highest BCUT2D eigenvalue weighted by Crippen LogP contribution is 2.31. The number of aliphatic hydroxyl groups excluding tert-OH is 5. The number of nitrogens with one attached hydrogen (secondary N) is 2. The Morgan fingerprint density at radius 1 is 0.375 bits per heavy atom. The first-order valence-corrected chi connectivity index (χ1v) is 27.8. The number of benzene rings is 5. The molecule has 5 aromatic rings. The number of carbonyl (C=O) groups is 7. The minimum absolute atomic E-state index is 0.00606. The second-order valence-electron chi connectivity index (χ2n) is 18.3. The van der Waals surface area contributed by atoms with Crippen molar-refractivity contribution in [3.8, 4) is 28.7 Å². The highest BCUT2D eigenvalue weighted by Gasteiger charge is 2.24. The fourth-order valence-corrected chi connectivity index (χ4v) is 8.29. The number of halogens is 15. The zero-order valence-electron chi connectivity index (χ0n) is 48.0. The van der Waals surface area contributed by atoms with Gasteiger partial charge >= 0.3 is 56.9 Å². The number of carboxylic acids is 5. The van der Waals surface area contributed by atoms with E-state index in [0.29, 0.717) is 0 Å². The van der Waals surface area contributed by atoms with Gasteiger partial charge in [-0.15, -0.1) is 0 Å². The molecule has 26 nitrogen and oxygen atoms in total. The fourth-order valence-electron chi connectivity index (χ4n) is 7.13. The zero-order valence-corrected chi connectivity index (χ0v) is 51.8. The summed E-state index contributed by atoms with van der Waals surface area (Å²) in [6.45, 7) is -13.4. The SMILES string of the molecule is NC(=O)[C@H]1CCCN1.NC(=O)[C@H]1CCCN1.O=C(O)C(O)c1cc(Cl)cc(OC(F)F)c1.O=C(O)[C@@H](O)c1cc(Cl)cc(OC(F)F)c1.O=C(O)[C@@H](O)c1cc(Cl)cc(OC(F)F)c1.O=C(O)[C@H](O)c1cc(Cl)cc(OC(F)F)c1.O=C([O-])[C@H](O)c1cc(Cl)cc(OC(F)F)c1. The average Bonchev–Trinajstić information content (AvgIpc) is 1.53. The molecule has 2 aliphatic rings. The van der Waals surface area contributed by atoms with Crippen LogP contribution in [0.1, 0.15) is 84.0 Å². The summed E-state index contributed by atoms with van der Waals surface area (Å²) in [5, 5.41) is 96.2. The Hall–Kier alpha value is -8.14. The maximum atomic E-state index is 11.9. The largest absolute Gasteiger partial charge is 0.547 e. The van der Waals surface area contributed by atoms with Gasteiger partial charge in [-0.05, 0) is 158 Å². The van der Waals surface area contributed by atoms with Gasteiger partial charge in [0.2, 0.25) is 11.8 Å². The summed E-state index contributed by atoms with van der Waals surface area (Å²) in [6, 6.07) is 15.9. The highest BCUT2D eigenvalue weighted by molar-refractivity contribution is 6.32. The predicted octanol–water partition coefficient (Wildman–Crippen LogP) is 7.41. The normalized spacial score (nSPS) is 15.2. The van der Waals surface area contributed by atoms with Gasteiger partial charge in [-0.1, -0.05) is 58.0 Å². The summed E-state index contributed by atoms with van der Waals surface area (Å²) >= 11 is 27.7. The number of hydrogen-bond donors (Lipinski definition) is 13. The number of aliphatic carboxylic acids is 5. The summed E-state index contributed by atoms with van der Waals surface area (Å²) in [7, 11) is 0. The first kappa shape index (κ1) is 85.9. The third kappa shape index (κ3) is 34.5.